The highest BCUT2D eigenvalue weighted by Crippen LogP contribution is 2.48. The second-order valence-electron chi connectivity index (χ2n) is 3.52. The van der Waals surface area contributed by atoms with Gasteiger partial charge in [-0.2, -0.15) is 8.46 Å². The second-order valence-corrected chi connectivity index (χ2v) is 12.0. The van der Waals surface area contributed by atoms with Crippen LogP contribution >= 0.6 is 23.3 Å². The number of rotatable bonds is 6. The Morgan fingerprint density at radius 3 is 2.00 bits per heavy atom. The lowest BCUT2D eigenvalue weighted by Crippen LogP contribution is -1.92. The average molecular weight is 241 g/mol. The zero-order chi connectivity index (χ0) is 8.74. The highest BCUT2D eigenvalue weighted by Gasteiger charge is 2.04. The molecular formula is C9H21BrS. The zero-order valence-electron chi connectivity index (χ0n) is 8.03. The molecule has 0 saturated heterocycles. The van der Waals surface area contributed by atoms with Gasteiger partial charge in [-0.25, -0.2) is 0 Å². The number of halogens is 1. The van der Waals surface area contributed by atoms with E-state index in [-0.39, 0.29) is 0 Å². The van der Waals surface area contributed by atoms with E-state index in [1.807, 2.05) is 0 Å². The van der Waals surface area contributed by atoms with Crippen molar-refractivity contribution in [3.63, 3.8) is 0 Å². The van der Waals surface area contributed by atoms with E-state index >= 15 is 0 Å². The summed E-state index contributed by atoms with van der Waals surface area (Å²) in [5.74, 6) is 1.39. The third-order valence-corrected chi connectivity index (χ3v) is 3.96. The molecule has 0 bridgehead atoms. The molecule has 0 nitrogen and oxygen atoms in total. The van der Waals surface area contributed by atoms with Crippen LogP contribution < -0.4 is 0 Å². The molecule has 0 heterocycles. The zero-order valence-corrected chi connectivity index (χ0v) is 10.4. The molecule has 0 spiro atoms. The van der Waals surface area contributed by atoms with E-state index in [9.17, 15) is 0 Å². The minimum atomic E-state index is -0.399. The first-order valence-corrected chi connectivity index (χ1v) is 8.93. The molecule has 0 atom stereocenters. The first-order chi connectivity index (χ1) is 5.06. The Morgan fingerprint density at radius 1 is 1.00 bits per heavy atom. The summed E-state index contributed by atoms with van der Waals surface area (Å²) < 4.78 is 0. The number of hydrogen-bond donors (Lipinski definition) is 0. The highest BCUT2D eigenvalue weighted by molar-refractivity contribution is 9.58. The van der Waals surface area contributed by atoms with Crippen LogP contribution in [0.3, 0.4) is 0 Å². The SMILES string of the molecule is CCCCCCCS(C)(C)Br. The Kier molecular flexibility index (Phi) is 6.84. The summed E-state index contributed by atoms with van der Waals surface area (Å²) in [7, 11) is -0.399. The molecule has 0 aromatic heterocycles. The molecule has 0 aliphatic carbocycles. The van der Waals surface area contributed by atoms with Crippen LogP contribution in [0.2, 0.25) is 0 Å². The van der Waals surface area contributed by atoms with Gasteiger partial charge in [0.05, 0.1) is 0 Å². The highest BCUT2D eigenvalue weighted by atomic mass is 79.9. The maximum atomic E-state index is 3.73. The van der Waals surface area contributed by atoms with E-state index in [1.165, 1.54) is 37.9 Å². The van der Waals surface area contributed by atoms with E-state index in [1.54, 1.807) is 0 Å². The lowest BCUT2D eigenvalue weighted by Gasteiger charge is -2.21. The molecule has 0 aliphatic heterocycles. The summed E-state index contributed by atoms with van der Waals surface area (Å²) in [6.07, 6.45) is 11.7. The standard InChI is InChI=1S/C9H21BrS/c1-4-5-6-7-8-9-11(2,3)10/h4-9H2,1-3H3. The molecule has 70 valence electrons. The van der Waals surface area contributed by atoms with Crippen molar-refractivity contribution in [1.29, 1.82) is 0 Å². The molecule has 0 saturated carbocycles. The van der Waals surface area contributed by atoms with Gasteiger partial charge in [0.1, 0.15) is 0 Å². The van der Waals surface area contributed by atoms with Crippen molar-refractivity contribution in [2.24, 2.45) is 0 Å². The molecular weight excluding hydrogens is 220 g/mol. The summed E-state index contributed by atoms with van der Waals surface area (Å²) in [6.45, 7) is 2.26. The predicted octanol–water partition coefficient (Wildman–Crippen LogP) is 4.33. The van der Waals surface area contributed by atoms with Crippen molar-refractivity contribution in [3.8, 4) is 0 Å². The van der Waals surface area contributed by atoms with E-state index in [0.717, 1.165) is 0 Å². The van der Waals surface area contributed by atoms with Crippen LogP contribution in [0.25, 0.3) is 0 Å². The van der Waals surface area contributed by atoms with Gasteiger partial charge in [0.15, 0.2) is 0 Å². The third kappa shape index (κ3) is 10.8. The predicted molar refractivity (Wildman–Crippen MR) is 62.0 cm³/mol. The van der Waals surface area contributed by atoms with E-state index in [4.69, 9.17) is 0 Å². The van der Waals surface area contributed by atoms with Crippen LogP contribution in [0.15, 0.2) is 0 Å². The van der Waals surface area contributed by atoms with Gasteiger partial charge in [-0.1, -0.05) is 32.6 Å². The van der Waals surface area contributed by atoms with Crippen molar-refractivity contribution in [3.05, 3.63) is 0 Å². The Hall–Kier alpha value is 0.830. The van der Waals surface area contributed by atoms with Crippen molar-refractivity contribution >= 4 is 23.3 Å². The summed E-state index contributed by atoms with van der Waals surface area (Å²) in [5.41, 5.74) is 0. The molecule has 0 fully saturated rings. The lowest BCUT2D eigenvalue weighted by molar-refractivity contribution is 0.659. The first kappa shape index (κ1) is 11.8. The van der Waals surface area contributed by atoms with Gasteiger partial charge in [0, 0.05) is 0 Å². The average Bonchev–Trinajstić information content (AvgIpc) is 1.85. The van der Waals surface area contributed by atoms with E-state index in [0.29, 0.717) is 0 Å². The molecule has 0 rings (SSSR count). The fourth-order valence-electron chi connectivity index (χ4n) is 1.05. The third-order valence-electron chi connectivity index (χ3n) is 1.73. The summed E-state index contributed by atoms with van der Waals surface area (Å²) in [6, 6.07) is 0. The van der Waals surface area contributed by atoms with E-state index < -0.39 is 8.46 Å². The van der Waals surface area contributed by atoms with Crippen molar-refractivity contribution < 1.29 is 0 Å². The van der Waals surface area contributed by atoms with Crippen LogP contribution in [0, 0.1) is 0 Å². The molecule has 0 N–H and O–H groups in total. The molecule has 2 heteroatoms. The number of hydrogen-bond acceptors (Lipinski definition) is 0. The van der Waals surface area contributed by atoms with Gasteiger partial charge in [0.2, 0.25) is 0 Å². The van der Waals surface area contributed by atoms with Gasteiger partial charge in [-0.05, 0) is 39.5 Å². The normalized spacial score (nSPS) is 13.5. The smallest absolute Gasteiger partial charge is 0.0141 e. The fourth-order valence-corrected chi connectivity index (χ4v) is 2.63. The molecule has 11 heavy (non-hydrogen) atoms. The van der Waals surface area contributed by atoms with Crippen LogP contribution in [0.1, 0.15) is 39.0 Å². The summed E-state index contributed by atoms with van der Waals surface area (Å²) in [4.78, 5) is 0. The summed E-state index contributed by atoms with van der Waals surface area (Å²) >= 11 is 3.73. The van der Waals surface area contributed by atoms with E-state index in [2.05, 4.69) is 34.2 Å². The molecule has 0 aromatic carbocycles. The van der Waals surface area contributed by atoms with Crippen LogP contribution in [-0.4, -0.2) is 18.3 Å². The fraction of sp³-hybridized carbons (Fsp3) is 1.00. The summed E-state index contributed by atoms with van der Waals surface area (Å²) in [5, 5.41) is 0. The Labute approximate surface area is 80.7 Å². The molecule has 0 aliphatic rings. The van der Waals surface area contributed by atoms with Crippen molar-refractivity contribution in [2.45, 2.75) is 39.0 Å². The van der Waals surface area contributed by atoms with Gasteiger partial charge in [-0.15, -0.1) is 0 Å². The minimum Gasteiger partial charge on any atom is -0.189 e. The quantitative estimate of drug-likeness (QED) is 0.607. The van der Waals surface area contributed by atoms with Gasteiger partial charge in [0.25, 0.3) is 0 Å². The topological polar surface area (TPSA) is 0 Å². The van der Waals surface area contributed by atoms with Crippen LogP contribution in [-0.2, 0) is 0 Å². The maximum absolute atomic E-state index is 3.73. The minimum absolute atomic E-state index is 0.399. The molecule has 0 radical (unpaired) electrons. The molecule has 0 unspecified atom stereocenters. The van der Waals surface area contributed by atoms with Crippen molar-refractivity contribution in [1.82, 2.24) is 0 Å². The Bertz CT molecular complexity index is 86.1. The molecule has 0 aromatic rings. The van der Waals surface area contributed by atoms with Crippen LogP contribution in [0.5, 0.6) is 0 Å². The number of unbranched alkanes of at least 4 members (excludes halogenated alkanes) is 4. The Balaban J connectivity index is 3.02. The second kappa shape index (κ2) is 6.36. The first-order valence-electron chi connectivity index (χ1n) is 4.47. The Morgan fingerprint density at radius 2 is 1.55 bits per heavy atom. The largest absolute Gasteiger partial charge is 0.189 e. The monoisotopic (exact) mass is 240 g/mol. The van der Waals surface area contributed by atoms with Gasteiger partial charge < -0.3 is 0 Å². The van der Waals surface area contributed by atoms with Gasteiger partial charge in [-0.3, -0.25) is 0 Å². The maximum Gasteiger partial charge on any atom is -0.0141 e. The van der Waals surface area contributed by atoms with Crippen molar-refractivity contribution in [2.75, 3.05) is 18.3 Å². The van der Waals surface area contributed by atoms with Gasteiger partial charge >= 0.3 is 0 Å². The van der Waals surface area contributed by atoms with Crippen LogP contribution in [0.4, 0.5) is 0 Å². The lowest BCUT2D eigenvalue weighted by atomic mass is 10.2. The molecule has 0 amide bonds.